The van der Waals surface area contributed by atoms with Crippen LogP contribution in [0, 0.1) is 0 Å². The molecule has 0 amide bonds. The van der Waals surface area contributed by atoms with Crippen molar-refractivity contribution in [3.8, 4) is 0 Å². The van der Waals surface area contributed by atoms with Crippen molar-refractivity contribution < 1.29 is 0 Å². The van der Waals surface area contributed by atoms with E-state index in [0.717, 1.165) is 23.2 Å². The molecule has 1 aliphatic carbocycles. The number of pyridine rings is 1. The van der Waals surface area contributed by atoms with Crippen LogP contribution in [-0.4, -0.2) is 24.3 Å². The molecule has 0 saturated heterocycles. The lowest BCUT2D eigenvalue weighted by atomic mass is 9.87. The summed E-state index contributed by atoms with van der Waals surface area (Å²) >= 11 is 0. The number of imidazole rings is 1. The fourth-order valence-corrected chi connectivity index (χ4v) is 4.07. The van der Waals surface area contributed by atoms with Crippen LogP contribution in [0.15, 0.2) is 43.1 Å². The zero-order chi connectivity index (χ0) is 16.6. The first-order chi connectivity index (χ1) is 12.4. The van der Waals surface area contributed by atoms with Gasteiger partial charge in [-0.3, -0.25) is 9.38 Å². The lowest BCUT2D eigenvalue weighted by Gasteiger charge is -2.19. The van der Waals surface area contributed by atoms with Crippen LogP contribution in [0.25, 0.3) is 16.8 Å². The summed E-state index contributed by atoms with van der Waals surface area (Å²) in [6.45, 7) is 0. The quantitative estimate of drug-likeness (QED) is 0.611. The van der Waals surface area contributed by atoms with Gasteiger partial charge < -0.3 is 4.98 Å². The summed E-state index contributed by atoms with van der Waals surface area (Å²) in [5, 5.41) is 0. The molecule has 0 spiro atoms. The van der Waals surface area contributed by atoms with Gasteiger partial charge in [0.25, 0.3) is 0 Å². The molecule has 5 rings (SSSR count). The molecule has 0 aliphatic heterocycles. The molecule has 126 valence electrons. The first kappa shape index (κ1) is 14.6. The summed E-state index contributed by atoms with van der Waals surface area (Å²) in [7, 11) is 0. The Hall–Kier alpha value is -2.69. The molecule has 4 heterocycles. The van der Waals surface area contributed by atoms with Gasteiger partial charge in [0.1, 0.15) is 0 Å². The number of fused-ring (bicyclic) bond motifs is 3. The molecule has 5 heteroatoms. The van der Waals surface area contributed by atoms with Gasteiger partial charge in [-0.15, -0.1) is 0 Å². The third-order valence-electron chi connectivity index (χ3n) is 5.35. The van der Waals surface area contributed by atoms with Crippen molar-refractivity contribution >= 4 is 16.8 Å². The maximum atomic E-state index is 4.89. The van der Waals surface area contributed by atoms with E-state index in [-0.39, 0.29) is 0 Å². The fourth-order valence-electron chi connectivity index (χ4n) is 4.07. The molecule has 0 bridgehead atoms. The van der Waals surface area contributed by atoms with Crippen LogP contribution in [0.1, 0.15) is 54.8 Å². The standard InChI is InChI=1S/C20H21N5/c1-2-6-15(7-3-1)17-13-25-18(24-17)12-23-20-19(25)16(11-22-20)9-14-5-4-8-21-10-14/h4-5,8,10-13,15,22H,1-3,6-7,9H2. The minimum Gasteiger partial charge on any atom is -0.345 e. The Morgan fingerprint density at radius 3 is 2.92 bits per heavy atom. The Balaban J connectivity index is 1.61. The Morgan fingerprint density at radius 2 is 2.08 bits per heavy atom. The summed E-state index contributed by atoms with van der Waals surface area (Å²) < 4.78 is 2.22. The average Bonchev–Trinajstić information content (AvgIpc) is 3.27. The van der Waals surface area contributed by atoms with Crippen molar-refractivity contribution in [1.29, 1.82) is 0 Å². The van der Waals surface area contributed by atoms with Gasteiger partial charge in [-0.1, -0.05) is 25.3 Å². The van der Waals surface area contributed by atoms with Gasteiger partial charge in [-0.05, 0) is 24.5 Å². The highest BCUT2D eigenvalue weighted by Crippen LogP contribution is 2.33. The number of hydrogen-bond donors (Lipinski definition) is 1. The van der Waals surface area contributed by atoms with Crippen LogP contribution >= 0.6 is 0 Å². The van der Waals surface area contributed by atoms with Crippen molar-refractivity contribution in [3.05, 3.63) is 59.9 Å². The van der Waals surface area contributed by atoms with Crippen LogP contribution in [0.3, 0.4) is 0 Å². The summed E-state index contributed by atoms with van der Waals surface area (Å²) in [4.78, 5) is 17.0. The van der Waals surface area contributed by atoms with Gasteiger partial charge in [-0.25, -0.2) is 9.97 Å². The molecular formula is C20H21N5. The minimum atomic E-state index is 0.601. The topological polar surface area (TPSA) is 58.9 Å². The summed E-state index contributed by atoms with van der Waals surface area (Å²) in [5.74, 6) is 0.601. The van der Waals surface area contributed by atoms with E-state index in [1.165, 1.54) is 48.9 Å². The normalized spacial score (nSPS) is 16.0. The second-order valence-corrected chi connectivity index (χ2v) is 7.04. The minimum absolute atomic E-state index is 0.601. The third kappa shape index (κ3) is 2.60. The third-order valence-corrected chi connectivity index (χ3v) is 5.35. The summed E-state index contributed by atoms with van der Waals surface area (Å²) in [6, 6.07) is 4.09. The van der Waals surface area contributed by atoms with E-state index in [0.29, 0.717) is 5.92 Å². The molecule has 4 aromatic heterocycles. The van der Waals surface area contributed by atoms with Crippen molar-refractivity contribution in [2.45, 2.75) is 44.4 Å². The molecule has 0 atom stereocenters. The van der Waals surface area contributed by atoms with Gasteiger partial charge in [0, 0.05) is 42.7 Å². The SMILES string of the molecule is c1cncc(Cc2c[nH]c3ncc4nc(C5CCCCC5)cn4c23)c1. The molecular weight excluding hydrogens is 310 g/mol. The zero-order valence-corrected chi connectivity index (χ0v) is 14.2. The van der Waals surface area contributed by atoms with Crippen molar-refractivity contribution in [3.63, 3.8) is 0 Å². The molecule has 5 nitrogen and oxygen atoms in total. The first-order valence-electron chi connectivity index (χ1n) is 9.11. The molecule has 1 aliphatic rings. The van der Waals surface area contributed by atoms with Gasteiger partial charge >= 0.3 is 0 Å². The average molecular weight is 331 g/mol. The van der Waals surface area contributed by atoms with E-state index in [1.54, 1.807) is 0 Å². The summed E-state index contributed by atoms with van der Waals surface area (Å²) in [6.07, 6.45) is 17.3. The number of nitrogens with zero attached hydrogens (tertiary/aromatic N) is 4. The second-order valence-electron chi connectivity index (χ2n) is 7.04. The maximum absolute atomic E-state index is 4.89. The zero-order valence-electron chi connectivity index (χ0n) is 14.2. The van der Waals surface area contributed by atoms with Crippen LogP contribution in [0.2, 0.25) is 0 Å². The number of rotatable bonds is 3. The Morgan fingerprint density at radius 1 is 1.16 bits per heavy atom. The second kappa shape index (κ2) is 5.99. The molecule has 1 fully saturated rings. The highest BCUT2D eigenvalue weighted by atomic mass is 15.1. The van der Waals surface area contributed by atoms with E-state index in [1.807, 2.05) is 24.7 Å². The molecule has 1 saturated carbocycles. The van der Waals surface area contributed by atoms with E-state index in [2.05, 4.69) is 37.8 Å². The fraction of sp³-hybridized carbons (Fsp3) is 0.350. The largest absolute Gasteiger partial charge is 0.345 e. The number of aromatic nitrogens is 5. The highest BCUT2D eigenvalue weighted by molar-refractivity contribution is 5.79. The molecule has 4 aromatic rings. The molecule has 1 N–H and O–H groups in total. The first-order valence-corrected chi connectivity index (χ1v) is 9.11. The number of hydrogen-bond acceptors (Lipinski definition) is 3. The van der Waals surface area contributed by atoms with Crippen LogP contribution in [0.5, 0.6) is 0 Å². The van der Waals surface area contributed by atoms with E-state index in [4.69, 9.17) is 4.98 Å². The molecule has 0 aromatic carbocycles. The van der Waals surface area contributed by atoms with Gasteiger partial charge in [-0.2, -0.15) is 0 Å². The number of aromatic amines is 1. The smallest absolute Gasteiger partial charge is 0.156 e. The predicted molar refractivity (Wildman–Crippen MR) is 97.7 cm³/mol. The van der Waals surface area contributed by atoms with Crippen LogP contribution in [-0.2, 0) is 6.42 Å². The Kier molecular flexibility index (Phi) is 3.51. The molecule has 25 heavy (non-hydrogen) atoms. The van der Waals surface area contributed by atoms with E-state index >= 15 is 0 Å². The van der Waals surface area contributed by atoms with Gasteiger partial charge in [0.15, 0.2) is 11.3 Å². The maximum Gasteiger partial charge on any atom is 0.156 e. The Bertz CT molecular complexity index is 1010. The monoisotopic (exact) mass is 331 g/mol. The van der Waals surface area contributed by atoms with Crippen LogP contribution < -0.4 is 0 Å². The van der Waals surface area contributed by atoms with Crippen molar-refractivity contribution in [1.82, 2.24) is 24.3 Å². The molecule has 0 unspecified atom stereocenters. The number of H-pyrrole nitrogens is 1. The lowest BCUT2D eigenvalue weighted by Crippen LogP contribution is -2.04. The lowest BCUT2D eigenvalue weighted by molar-refractivity contribution is 0.438. The van der Waals surface area contributed by atoms with E-state index < -0.39 is 0 Å². The molecule has 0 radical (unpaired) electrons. The van der Waals surface area contributed by atoms with Crippen LogP contribution in [0.4, 0.5) is 0 Å². The predicted octanol–water partition coefficient (Wildman–Crippen LogP) is 4.24. The van der Waals surface area contributed by atoms with Gasteiger partial charge in [0.2, 0.25) is 0 Å². The highest BCUT2D eigenvalue weighted by Gasteiger charge is 2.20. The van der Waals surface area contributed by atoms with Crippen molar-refractivity contribution in [2.75, 3.05) is 0 Å². The van der Waals surface area contributed by atoms with Crippen molar-refractivity contribution in [2.24, 2.45) is 0 Å². The van der Waals surface area contributed by atoms with E-state index in [9.17, 15) is 0 Å². The number of nitrogens with one attached hydrogen (secondary N) is 1. The van der Waals surface area contributed by atoms with Gasteiger partial charge in [0.05, 0.1) is 17.4 Å². The summed E-state index contributed by atoms with van der Waals surface area (Å²) in [5.41, 5.74) is 6.65. The Labute approximate surface area is 146 Å².